The standard InChI is InChI=1S/C15H14N6O4S2/c1-2-9(26-15-18-11(16)6-12(22)19-15)13(23)20-14-17-8-4-3-7(21(24)25)5-10(8)27-14/h3-6,9H,2H2,1H3,(H,17,20,23)(H3,16,18,19,22). The first kappa shape index (κ1) is 18.8. The van der Waals surface area contributed by atoms with Crippen molar-refractivity contribution >= 4 is 55.9 Å². The molecule has 1 amide bonds. The summed E-state index contributed by atoms with van der Waals surface area (Å²) >= 11 is 2.23. The van der Waals surface area contributed by atoms with Gasteiger partial charge in [-0.2, -0.15) is 0 Å². The summed E-state index contributed by atoms with van der Waals surface area (Å²) in [6, 6.07) is 5.47. The second kappa shape index (κ2) is 7.72. The van der Waals surface area contributed by atoms with E-state index in [4.69, 9.17) is 5.73 Å². The Labute approximate surface area is 160 Å². The molecule has 1 aromatic carbocycles. The van der Waals surface area contributed by atoms with Crippen molar-refractivity contribution in [2.24, 2.45) is 0 Å². The normalized spacial score (nSPS) is 12.0. The molecule has 3 rings (SSSR count). The van der Waals surface area contributed by atoms with Crippen LogP contribution in [0.5, 0.6) is 0 Å². The van der Waals surface area contributed by atoms with Crippen molar-refractivity contribution in [1.82, 2.24) is 15.0 Å². The highest BCUT2D eigenvalue weighted by atomic mass is 32.2. The zero-order valence-electron chi connectivity index (χ0n) is 14.0. The van der Waals surface area contributed by atoms with Crippen molar-refractivity contribution in [3.05, 3.63) is 44.7 Å². The number of carbonyl (C=O) groups is 1. The SMILES string of the molecule is CCC(Sc1nc(N)cc(=O)[nH]1)C(=O)Nc1nc2ccc([N+](=O)[O-])cc2s1. The van der Waals surface area contributed by atoms with Crippen molar-refractivity contribution < 1.29 is 9.72 Å². The number of anilines is 2. The van der Waals surface area contributed by atoms with Crippen molar-refractivity contribution in [2.45, 2.75) is 23.8 Å². The number of hydrogen-bond acceptors (Lipinski definition) is 9. The number of nitrogens with two attached hydrogens (primary N) is 1. The summed E-state index contributed by atoms with van der Waals surface area (Å²) in [6.45, 7) is 1.82. The molecule has 0 aliphatic rings. The van der Waals surface area contributed by atoms with Crippen LogP contribution in [0.2, 0.25) is 0 Å². The number of nitrogen functional groups attached to an aromatic ring is 1. The molecular weight excluding hydrogens is 392 g/mol. The smallest absolute Gasteiger partial charge is 0.270 e. The number of hydrogen-bond donors (Lipinski definition) is 3. The Hall–Kier alpha value is -2.99. The van der Waals surface area contributed by atoms with Crippen LogP contribution >= 0.6 is 23.1 Å². The molecule has 2 aromatic heterocycles. The number of aromatic nitrogens is 3. The molecule has 0 saturated heterocycles. The lowest BCUT2D eigenvalue weighted by Crippen LogP contribution is -2.25. The molecule has 12 heteroatoms. The van der Waals surface area contributed by atoms with Gasteiger partial charge in [0.05, 0.1) is 20.4 Å². The fraction of sp³-hybridized carbons (Fsp3) is 0.200. The third-order valence-electron chi connectivity index (χ3n) is 3.47. The predicted octanol–water partition coefficient (Wildman–Crippen LogP) is 2.38. The van der Waals surface area contributed by atoms with Crippen LogP contribution in [0.3, 0.4) is 0 Å². The molecule has 4 N–H and O–H groups in total. The first-order valence-corrected chi connectivity index (χ1v) is 9.44. The molecule has 140 valence electrons. The molecule has 1 atom stereocenters. The number of nitro groups is 1. The van der Waals surface area contributed by atoms with Gasteiger partial charge < -0.3 is 16.0 Å². The minimum Gasteiger partial charge on any atom is -0.383 e. The van der Waals surface area contributed by atoms with Gasteiger partial charge in [-0.15, -0.1) is 0 Å². The highest BCUT2D eigenvalue weighted by molar-refractivity contribution is 8.00. The number of thioether (sulfide) groups is 1. The molecule has 0 bridgehead atoms. The van der Waals surface area contributed by atoms with Gasteiger partial charge in [-0.05, 0) is 12.5 Å². The van der Waals surface area contributed by atoms with Crippen LogP contribution in [0, 0.1) is 10.1 Å². The summed E-state index contributed by atoms with van der Waals surface area (Å²) in [5.41, 5.74) is 5.68. The molecule has 27 heavy (non-hydrogen) atoms. The Morgan fingerprint density at radius 2 is 2.22 bits per heavy atom. The highest BCUT2D eigenvalue weighted by Crippen LogP contribution is 2.30. The van der Waals surface area contributed by atoms with E-state index in [2.05, 4.69) is 20.3 Å². The molecule has 0 saturated carbocycles. The molecule has 3 aromatic rings. The van der Waals surface area contributed by atoms with Gasteiger partial charge in [0.15, 0.2) is 10.3 Å². The van der Waals surface area contributed by atoms with Gasteiger partial charge in [0, 0.05) is 18.2 Å². The van der Waals surface area contributed by atoms with Crippen molar-refractivity contribution in [2.75, 3.05) is 11.1 Å². The Bertz CT molecular complexity index is 1080. The summed E-state index contributed by atoms with van der Waals surface area (Å²) in [4.78, 5) is 45.2. The Balaban J connectivity index is 1.77. The molecule has 1 unspecified atom stereocenters. The van der Waals surface area contributed by atoms with Crippen molar-refractivity contribution in [1.29, 1.82) is 0 Å². The lowest BCUT2D eigenvalue weighted by molar-refractivity contribution is -0.384. The zero-order valence-corrected chi connectivity index (χ0v) is 15.6. The van der Waals surface area contributed by atoms with Gasteiger partial charge in [-0.25, -0.2) is 9.97 Å². The van der Waals surface area contributed by atoms with E-state index in [0.29, 0.717) is 21.8 Å². The number of thiazole rings is 1. The average Bonchev–Trinajstić information content (AvgIpc) is 2.99. The first-order valence-electron chi connectivity index (χ1n) is 7.75. The quantitative estimate of drug-likeness (QED) is 0.244. The monoisotopic (exact) mass is 406 g/mol. The topological polar surface area (TPSA) is 157 Å². The lowest BCUT2D eigenvalue weighted by atomic mass is 10.3. The molecule has 10 nitrogen and oxygen atoms in total. The van der Waals surface area contributed by atoms with E-state index in [1.807, 2.05) is 6.92 Å². The van der Waals surface area contributed by atoms with E-state index in [-0.39, 0.29) is 22.6 Å². The van der Waals surface area contributed by atoms with E-state index in [1.165, 1.54) is 18.2 Å². The number of rotatable bonds is 6. The average molecular weight is 406 g/mol. The maximum atomic E-state index is 12.5. The molecular formula is C15H14N6O4S2. The van der Waals surface area contributed by atoms with Gasteiger partial charge in [-0.3, -0.25) is 19.7 Å². The number of nitro benzene ring substituents is 1. The Morgan fingerprint density at radius 1 is 1.44 bits per heavy atom. The second-order valence-corrected chi connectivity index (χ2v) is 7.63. The summed E-state index contributed by atoms with van der Waals surface area (Å²) in [7, 11) is 0. The van der Waals surface area contributed by atoms with Crippen LogP contribution in [0.15, 0.2) is 34.2 Å². The van der Waals surface area contributed by atoms with Crippen LogP contribution in [0.1, 0.15) is 13.3 Å². The van der Waals surface area contributed by atoms with E-state index in [9.17, 15) is 19.7 Å². The van der Waals surface area contributed by atoms with Gasteiger partial charge in [-0.1, -0.05) is 30.0 Å². The van der Waals surface area contributed by atoms with Crippen molar-refractivity contribution in [3.63, 3.8) is 0 Å². The van der Waals surface area contributed by atoms with E-state index in [0.717, 1.165) is 29.2 Å². The fourth-order valence-electron chi connectivity index (χ4n) is 2.23. The van der Waals surface area contributed by atoms with E-state index in [1.54, 1.807) is 0 Å². The maximum Gasteiger partial charge on any atom is 0.270 e. The van der Waals surface area contributed by atoms with Gasteiger partial charge in [0.1, 0.15) is 5.82 Å². The number of nitrogens with zero attached hydrogens (tertiary/aromatic N) is 3. The zero-order chi connectivity index (χ0) is 19.6. The molecule has 0 fully saturated rings. The number of benzene rings is 1. The molecule has 0 radical (unpaired) electrons. The van der Waals surface area contributed by atoms with Crippen LogP contribution in [0.25, 0.3) is 10.2 Å². The Morgan fingerprint density at radius 3 is 2.89 bits per heavy atom. The van der Waals surface area contributed by atoms with Crippen LogP contribution in [-0.2, 0) is 4.79 Å². The fourth-order valence-corrected chi connectivity index (χ4v) is 4.05. The van der Waals surface area contributed by atoms with Gasteiger partial charge >= 0.3 is 0 Å². The third-order valence-corrected chi connectivity index (χ3v) is 5.65. The first-order chi connectivity index (χ1) is 12.9. The largest absolute Gasteiger partial charge is 0.383 e. The maximum absolute atomic E-state index is 12.5. The van der Waals surface area contributed by atoms with Crippen molar-refractivity contribution in [3.8, 4) is 0 Å². The van der Waals surface area contributed by atoms with Gasteiger partial charge in [0.2, 0.25) is 5.91 Å². The van der Waals surface area contributed by atoms with Crippen LogP contribution in [0.4, 0.5) is 16.6 Å². The van der Waals surface area contributed by atoms with E-state index >= 15 is 0 Å². The van der Waals surface area contributed by atoms with Gasteiger partial charge in [0.25, 0.3) is 11.2 Å². The number of non-ortho nitro benzene ring substituents is 1. The number of amides is 1. The molecule has 0 aliphatic carbocycles. The summed E-state index contributed by atoms with van der Waals surface area (Å²) in [5, 5.41) is 13.6. The number of H-pyrrole nitrogens is 1. The Kier molecular flexibility index (Phi) is 5.37. The minimum absolute atomic E-state index is 0.0392. The summed E-state index contributed by atoms with van der Waals surface area (Å²) in [6.07, 6.45) is 0.478. The molecule has 2 heterocycles. The molecule has 0 aliphatic heterocycles. The number of nitrogens with one attached hydrogen (secondary N) is 2. The van der Waals surface area contributed by atoms with Crippen LogP contribution < -0.4 is 16.6 Å². The lowest BCUT2D eigenvalue weighted by Gasteiger charge is -2.12. The number of carbonyl (C=O) groups excluding carboxylic acids is 1. The van der Waals surface area contributed by atoms with E-state index < -0.39 is 15.7 Å². The summed E-state index contributed by atoms with van der Waals surface area (Å²) < 4.78 is 0.599. The predicted molar refractivity (Wildman–Crippen MR) is 104 cm³/mol. The number of fused-ring (bicyclic) bond motifs is 1. The molecule has 0 spiro atoms. The third kappa shape index (κ3) is 4.41. The highest BCUT2D eigenvalue weighted by Gasteiger charge is 2.21. The van der Waals surface area contributed by atoms with Crippen LogP contribution in [-0.4, -0.2) is 31.0 Å². The number of aromatic amines is 1. The second-order valence-electron chi connectivity index (χ2n) is 5.41. The summed E-state index contributed by atoms with van der Waals surface area (Å²) in [5.74, 6) is -0.245. The minimum atomic E-state index is -0.531.